The molecule has 0 aliphatic rings. The Hall–Kier alpha value is -3.67. The first-order valence-corrected chi connectivity index (χ1v) is 10.3. The van der Waals surface area contributed by atoms with Gasteiger partial charge in [0.25, 0.3) is 11.8 Å². The smallest absolute Gasteiger partial charge is 0.265 e. The highest BCUT2D eigenvalue weighted by Gasteiger charge is 2.21. The molecule has 0 aliphatic carbocycles. The number of aryl methyl sites for hydroxylation is 2. The number of nitrogens with one attached hydrogen (secondary N) is 2. The third-order valence-electron chi connectivity index (χ3n) is 5.03. The third kappa shape index (κ3) is 5.92. The fourth-order valence-corrected chi connectivity index (χ4v) is 3.06. The van der Waals surface area contributed by atoms with Crippen molar-refractivity contribution < 1.29 is 14.3 Å². The van der Waals surface area contributed by atoms with Gasteiger partial charge < -0.3 is 15.4 Å². The number of anilines is 1. The number of aromatic nitrogens is 1. The molecule has 0 unspecified atom stereocenters. The third-order valence-corrected chi connectivity index (χ3v) is 5.03. The predicted octanol–water partition coefficient (Wildman–Crippen LogP) is 4.42. The van der Waals surface area contributed by atoms with Gasteiger partial charge in [-0.1, -0.05) is 31.2 Å². The van der Waals surface area contributed by atoms with Crippen LogP contribution >= 0.6 is 0 Å². The Balaban J connectivity index is 1.68. The number of pyridine rings is 1. The van der Waals surface area contributed by atoms with E-state index in [9.17, 15) is 9.59 Å². The van der Waals surface area contributed by atoms with Crippen LogP contribution < -0.4 is 15.4 Å². The molecule has 1 heterocycles. The number of carbonyl (C=O) groups is 2. The van der Waals surface area contributed by atoms with Gasteiger partial charge in [-0.15, -0.1) is 0 Å². The van der Waals surface area contributed by atoms with Crippen LogP contribution in [0, 0.1) is 13.8 Å². The molecular weight excluding hydrogens is 390 g/mol. The average molecular weight is 418 g/mol. The summed E-state index contributed by atoms with van der Waals surface area (Å²) in [4.78, 5) is 29.6. The fraction of sp³-hybridized carbons (Fsp3) is 0.240. The van der Waals surface area contributed by atoms with Gasteiger partial charge >= 0.3 is 0 Å². The van der Waals surface area contributed by atoms with Crippen molar-refractivity contribution in [2.45, 2.75) is 39.8 Å². The number of rotatable bonds is 8. The number of benzene rings is 2. The molecule has 3 rings (SSSR count). The monoisotopic (exact) mass is 417 g/mol. The van der Waals surface area contributed by atoms with E-state index in [0.717, 1.165) is 16.7 Å². The lowest BCUT2D eigenvalue weighted by atomic mass is 10.1. The fourth-order valence-electron chi connectivity index (χ4n) is 3.06. The standard InChI is InChI=1S/C25H27N3O3/c1-4-23(31-20-12-11-17(2)18(3)14-20)25(30)28-22-10-6-5-9-21(22)24(29)27-16-19-8-7-13-26-15-19/h5-15,23H,4,16H2,1-3H3,(H,27,29)(H,28,30)/t23-/m1/s1. The summed E-state index contributed by atoms with van der Waals surface area (Å²) in [7, 11) is 0. The number of hydrogen-bond donors (Lipinski definition) is 2. The summed E-state index contributed by atoms with van der Waals surface area (Å²) in [6.45, 7) is 6.27. The van der Waals surface area contributed by atoms with E-state index in [-0.39, 0.29) is 11.8 Å². The zero-order chi connectivity index (χ0) is 22.2. The van der Waals surface area contributed by atoms with Crippen LogP contribution in [0.1, 0.15) is 40.4 Å². The van der Waals surface area contributed by atoms with Crippen molar-refractivity contribution in [3.63, 3.8) is 0 Å². The number of nitrogens with zero attached hydrogens (tertiary/aromatic N) is 1. The van der Waals surface area contributed by atoms with Crippen molar-refractivity contribution in [3.8, 4) is 5.75 Å². The van der Waals surface area contributed by atoms with Crippen molar-refractivity contribution in [1.29, 1.82) is 0 Å². The van der Waals surface area contributed by atoms with E-state index in [1.54, 1.807) is 36.7 Å². The van der Waals surface area contributed by atoms with Crippen LogP contribution in [0.15, 0.2) is 67.0 Å². The molecule has 6 heteroatoms. The van der Waals surface area contributed by atoms with Crippen LogP contribution in [-0.2, 0) is 11.3 Å². The minimum Gasteiger partial charge on any atom is -0.481 e. The first kappa shape index (κ1) is 22.0. The van der Waals surface area contributed by atoms with Crippen LogP contribution in [0.5, 0.6) is 5.75 Å². The highest BCUT2D eigenvalue weighted by atomic mass is 16.5. The minimum atomic E-state index is -0.673. The molecule has 160 valence electrons. The summed E-state index contributed by atoms with van der Waals surface area (Å²) < 4.78 is 5.92. The van der Waals surface area contributed by atoms with Gasteiger partial charge in [0, 0.05) is 18.9 Å². The molecule has 0 saturated heterocycles. The molecule has 2 amide bonds. The van der Waals surface area contributed by atoms with Crippen molar-refractivity contribution in [2.24, 2.45) is 0 Å². The lowest BCUT2D eigenvalue weighted by Gasteiger charge is -2.19. The topological polar surface area (TPSA) is 80.3 Å². The quantitative estimate of drug-likeness (QED) is 0.568. The Labute approximate surface area is 182 Å². The van der Waals surface area contributed by atoms with Gasteiger partial charge in [0.1, 0.15) is 5.75 Å². The van der Waals surface area contributed by atoms with E-state index in [2.05, 4.69) is 15.6 Å². The summed E-state index contributed by atoms with van der Waals surface area (Å²) in [5.74, 6) is 0.0729. The van der Waals surface area contributed by atoms with Gasteiger partial charge in [-0.05, 0) is 67.3 Å². The molecule has 3 aromatic rings. The molecule has 2 aromatic carbocycles. The lowest BCUT2D eigenvalue weighted by Crippen LogP contribution is -2.33. The minimum absolute atomic E-state index is 0.275. The van der Waals surface area contributed by atoms with Crippen LogP contribution in [0.3, 0.4) is 0 Å². The molecular formula is C25H27N3O3. The van der Waals surface area contributed by atoms with Crippen molar-refractivity contribution in [1.82, 2.24) is 10.3 Å². The van der Waals surface area contributed by atoms with Crippen molar-refractivity contribution in [2.75, 3.05) is 5.32 Å². The maximum atomic E-state index is 12.9. The Morgan fingerprint density at radius 2 is 1.84 bits per heavy atom. The van der Waals surface area contributed by atoms with E-state index in [1.165, 1.54) is 0 Å². The van der Waals surface area contributed by atoms with Crippen LogP contribution in [0.2, 0.25) is 0 Å². The Morgan fingerprint density at radius 3 is 2.55 bits per heavy atom. The summed E-state index contributed by atoms with van der Waals surface area (Å²) in [5.41, 5.74) is 3.99. The second kappa shape index (κ2) is 10.4. The van der Waals surface area contributed by atoms with Crippen LogP contribution in [0.25, 0.3) is 0 Å². The molecule has 0 fully saturated rings. The van der Waals surface area contributed by atoms with Crippen LogP contribution in [0.4, 0.5) is 5.69 Å². The molecule has 0 aliphatic heterocycles. The second-order valence-corrected chi connectivity index (χ2v) is 7.34. The predicted molar refractivity (Wildman–Crippen MR) is 121 cm³/mol. The summed E-state index contributed by atoms with van der Waals surface area (Å²) >= 11 is 0. The van der Waals surface area contributed by atoms with Crippen LogP contribution in [-0.4, -0.2) is 22.9 Å². The van der Waals surface area contributed by atoms with E-state index < -0.39 is 6.10 Å². The molecule has 0 bridgehead atoms. The van der Waals surface area contributed by atoms with Crippen molar-refractivity contribution >= 4 is 17.5 Å². The number of amides is 2. The summed E-state index contributed by atoms with van der Waals surface area (Å²) in [6, 6.07) is 16.4. The first-order valence-electron chi connectivity index (χ1n) is 10.3. The molecule has 6 nitrogen and oxygen atoms in total. The maximum Gasteiger partial charge on any atom is 0.265 e. The summed E-state index contributed by atoms with van der Waals surface area (Å²) in [5, 5.41) is 5.71. The summed E-state index contributed by atoms with van der Waals surface area (Å²) in [6.07, 6.45) is 3.20. The van der Waals surface area contributed by atoms with Gasteiger partial charge in [0.2, 0.25) is 0 Å². The number of hydrogen-bond acceptors (Lipinski definition) is 4. The maximum absolute atomic E-state index is 12.9. The number of para-hydroxylation sites is 1. The van der Waals surface area contributed by atoms with Gasteiger partial charge in [-0.2, -0.15) is 0 Å². The van der Waals surface area contributed by atoms with E-state index in [4.69, 9.17) is 4.74 Å². The van der Waals surface area contributed by atoms with Gasteiger partial charge in [-0.3, -0.25) is 14.6 Å². The highest BCUT2D eigenvalue weighted by Crippen LogP contribution is 2.20. The van der Waals surface area contributed by atoms with E-state index in [0.29, 0.717) is 30.0 Å². The number of carbonyl (C=O) groups excluding carboxylic acids is 2. The normalized spacial score (nSPS) is 11.5. The SMILES string of the molecule is CC[C@@H](Oc1ccc(C)c(C)c1)C(=O)Nc1ccccc1C(=O)NCc1cccnc1. The lowest BCUT2D eigenvalue weighted by molar-refractivity contribution is -0.122. The molecule has 1 aromatic heterocycles. The average Bonchev–Trinajstić information content (AvgIpc) is 2.79. The largest absolute Gasteiger partial charge is 0.481 e. The second-order valence-electron chi connectivity index (χ2n) is 7.34. The molecule has 1 atom stereocenters. The number of ether oxygens (including phenoxy) is 1. The molecule has 0 spiro atoms. The molecule has 0 saturated carbocycles. The van der Waals surface area contributed by atoms with Gasteiger partial charge in [-0.25, -0.2) is 0 Å². The van der Waals surface area contributed by atoms with Gasteiger partial charge in [0.15, 0.2) is 6.10 Å². The zero-order valence-corrected chi connectivity index (χ0v) is 18.0. The molecule has 2 N–H and O–H groups in total. The van der Waals surface area contributed by atoms with Gasteiger partial charge in [0.05, 0.1) is 11.3 Å². The van der Waals surface area contributed by atoms with E-state index >= 15 is 0 Å². The Kier molecular flexibility index (Phi) is 7.38. The van der Waals surface area contributed by atoms with E-state index in [1.807, 2.05) is 51.1 Å². The molecule has 0 radical (unpaired) electrons. The highest BCUT2D eigenvalue weighted by molar-refractivity contribution is 6.04. The van der Waals surface area contributed by atoms with Crippen molar-refractivity contribution in [3.05, 3.63) is 89.2 Å². The Bertz CT molecular complexity index is 1050. The zero-order valence-electron chi connectivity index (χ0n) is 18.0. The Morgan fingerprint density at radius 1 is 1.03 bits per heavy atom. The molecule has 31 heavy (non-hydrogen) atoms. The first-order chi connectivity index (χ1) is 15.0.